The lowest BCUT2D eigenvalue weighted by Crippen LogP contribution is -2.29. The van der Waals surface area contributed by atoms with Gasteiger partial charge < -0.3 is 10.3 Å². The van der Waals surface area contributed by atoms with Gasteiger partial charge in [0.15, 0.2) is 0 Å². The monoisotopic (exact) mass is 299 g/mol. The molecule has 108 valence electrons. The molecule has 0 spiro atoms. The van der Waals surface area contributed by atoms with Crippen LogP contribution in [-0.4, -0.2) is 23.2 Å². The molecule has 0 saturated heterocycles. The van der Waals surface area contributed by atoms with Gasteiger partial charge in [-0.3, -0.25) is 0 Å². The Morgan fingerprint density at radius 2 is 2.15 bits per heavy atom. The van der Waals surface area contributed by atoms with Crippen LogP contribution in [0.4, 0.5) is 10.1 Å². The smallest absolute Gasteiger partial charge is 0.244 e. The van der Waals surface area contributed by atoms with E-state index in [1.54, 1.807) is 18.5 Å². The Bertz CT molecular complexity index is 728. The number of nitrogens with zero attached hydrogens (tertiary/aromatic N) is 3. The molecule has 0 radical (unpaired) electrons. The van der Waals surface area contributed by atoms with Crippen LogP contribution in [0.2, 0.25) is 0 Å². The average molecular weight is 299 g/mol. The van der Waals surface area contributed by atoms with Gasteiger partial charge in [-0.05, 0) is 25.1 Å². The normalized spacial score (nSPS) is 13.3. The van der Waals surface area contributed by atoms with E-state index in [1.165, 1.54) is 12.4 Å². The third-order valence-electron chi connectivity index (χ3n) is 2.71. The largest absolute Gasteiger partial charge is 0.399 e. The number of nitrogens with two attached hydrogens (primary N) is 1. The molecule has 2 rings (SSSR count). The quantitative estimate of drug-likeness (QED) is 0.804. The zero-order chi connectivity index (χ0) is 14.9. The molecule has 0 aliphatic carbocycles. The van der Waals surface area contributed by atoms with Crippen molar-refractivity contribution in [1.29, 1.82) is 0 Å². The zero-order valence-corrected chi connectivity index (χ0v) is 11.7. The molecular formula is C11H14FN5O2S. The number of rotatable bonds is 4. The molecule has 20 heavy (non-hydrogen) atoms. The van der Waals surface area contributed by atoms with Crippen LogP contribution < -0.4 is 10.5 Å². The van der Waals surface area contributed by atoms with Gasteiger partial charge in [0.2, 0.25) is 10.0 Å². The number of halogens is 1. The van der Waals surface area contributed by atoms with Gasteiger partial charge in [-0.1, -0.05) is 0 Å². The van der Waals surface area contributed by atoms with Gasteiger partial charge in [0.05, 0.1) is 6.04 Å². The summed E-state index contributed by atoms with van der Waals surface area (Å²) in [6.45, 7) is 1.59. The minimum Gasteiger partial charge on any atom is -0.399 e. The molecule has 1 aromatic carbocycles. The van der Waals surface area contributed by atoms with Crippen LogP contribution >= 0.6 is 0 Å². The summed E-state index contributed by atoms with van der Waals surface area (Å²) in [4.78, 5) is -0.494. The van der Waals surface area contributed by atoms with Gasteiger partial charge in [0.1, 0.15) is 22.9 Å². The summed E-state index contributed by atoms with van der Waals surface area (Å²) in [6, 6.07) is 2.71. The highest BCUT2D eigenvalue weighted by Gasteiger charge is 2.24. The van der Waals surface area contributed by atoms with Crippen LogP contribution in [-0.2, 0) is 17.1 Å². The number of sulfonamides is 1. The van der Waals surface area contributed by atoms with Crippen molar-refractivity contribution in [3.8, 4) is 0 Å². The minimum atomic E-state index is -4.04. The summed E-state index contributed by atoms with van der Waals surface area (Å²) in [5, 5.41) is 7.46. The van der Waals surface area contributed by atoms with Gasteiger partial charge >= 0.3 is 0 Å². The Kier molecular flexibility index (Phi) is 3.73. The molecule has 2 aromatic rings. The molecule has 0 bridgehead atoms. The van der Waals surface area contributed by atoms with Crippen molar-refractivity contribution in [3.63, 3.8) is 0 Å². The number of anilines is 1. The van der Waals surface area contributed by atoms with Gasteiger partial charge in [-0.25, -0.2) is 17.5 Å². The molecule has 1 unspecified atom stereocenters. The standard InChI is InChI=1S/C11H14FN5O2S/c1-7(11-15-14-6-17(11)2)16-20(18,19)10-5-8(13)3-4-9(10)12/h3-7,16H,13H2,1-2H3. The van der Waals surface area contributed by atoms with E-state index < -0.39 is 26.8 Å². The average Bonchev–Trinajstić information content (AvgIpc) is 2.78. The SMILES string of the molecule is CC(NS(=O)(=O)c1cc(N)ccc1F)c1nncn1C. The van der Waals surface area contributed by atoms with Gasteiger partial charge in [-0.15, -0.1) is 10.2 Å². The molecule has 0 aliphatic rings. The third kappa shape index (κ3) is 2.78. The summed E-state index contributed by atoms with van der Waals surface area (Å²) in [6.07, 6.45) is 1.45. The molecule has 0 aliphatic heterocycles. The molecule has 3 N–H and O–H groups in total. The van der Waals surface area contributed by atoms with Crippen molar-refractivity contribution in [1.82, 2.24) is 19.5 Å². The molecular weight excluding hydrogens is 285 g/mol. The first-order valence-corrected chi connectivity index (χ1v) is 7.21. The molecule has 0 fully saturated rings. The highest BCUT2D eigenvalue weighted by molar-refractivity contribution is 7.89. The Balaban J connectivity index is 2.32. The van der Waals surface area contributed by atoms with E-state index in [0.29, 0.717) is 5.82 Å². The number of hydrogen-bond acceptors (Lipinski definition) is 5. The number of aryl methyl sites for hydroxylation is 1. The summed E-state index contributed by atoms with van der Waals surface area (Å²) in [7, 11) is -2.36. The van der Waals surface area contributed by atoms with Gasteiger partial charge in [-0.2, -0.15) is 0 Å². The molecule has 9 heteroatoms. The summed E-state index contributed by atoms with van der Waals surface area (Å²) in [5.41, 5.74) is 5.65. The Labute approximate surface area is 115 Å². The van der Waals surface area contributed by atoms with E-state index in [-0.39, 0.29) is 5.69 Å². The number of benzene rings is 1. The lowest BCUT2D eigenvalue weighted by atomic mass is 10.3. The topological polar surface area (TPSA) is 103 Å². The van der Waals surface area contributed by atoms with Crippen molar-refractivity contribution in [2.45, 2.75) is 17.9 Å². The maximum absolute atomic E-state index is 13.6. The van der Waals surface area contributed by atoms with E-state index in [2.05, 4.69) is 14.9 Å². The number of hydrogen-bond donors (Lipinski definition) is 2. The van der Waals surface area contributed by atoms with Crippen molar-refractivity contribution >= 4 is 15.7 Å². The van der Waals surface area contributed by atoms with E-state index in [9.17, 15) is 12.8 Å². The lowest BCUT2D eigenvalue weighted by Gasteiger charge is -2.14. The summed E-state index contributed by atoms with van der Waals surface area (Å²) >= 11 is 0. The number of aromatic nitrogens is 3. The van der Waals surface area contributed by atoms with Crippen LogP contribution in [0.5, 0.6) is 0 Å². The molecule has 1 heterocycles. The third-order valence-corrected chi connectivity index (χ3v) is 4.27. The van der Waals surface area contributed by atoms with E-state index >= 15 is 0 Å². The minimum absolute atomic E-state index is 0.165. The van der Waals surface area contributed by atoms with Crippen molar-refractivity contribution in [2.24, 2.45) is 7.05 Å². The van der Waals surface area contributed by atoms with Gasteiger partial charge in [0, 0.05) is 12.7 Å². The Morgan fingerprint density at radius 3 is 2.75 bits per heavy atom. The second kappa shape index (κ2) is 5.17. The zero-order valence-electron chi connectivity index (χ0n) is 10.9. The fraction of sp³-hybridized carbons (Fsp3) is 0.273. The van der Waals surface area contributed by atoms with Crippen molar-refractivity contribution in [2.75, 3.05) is 5.73 Å². The first-order valence-electron chi connectivity index (χ1n) is 5.72. The van der Waals surface area contributed by atoms with Crippen LogP contribution in [0, 0.1) is 5.82 Å². The molecule has 1 aromatic heterocycles. The molecule has 7 nitrogen and oxygen atoms in total. The van der Waals surface area contributed by atoms with E-state index in [4.69, 9.17) is 5.73 Å². The van der Waals surface area contributed by atoms with Crippen LogP contribution in [0.25, 0.3) is 0 Å². The fourth-order valence-corrected chi connectivity index (χ4v) is 3.07. The Hall–Kier alpha value is -2.00. The predicted molar refractivity (Wildman–Crippen MR) is 70.6 cm³/mol. The molecule has 0 amide bonds. The van der Waals surface area contributed by atoms with E-state index in [0.717, 1.165) is 12.1 Å². The maximum atomic E-state index is 13.6. The predicted octanol–water partition coefficient (Wildman–Crippen LogP) is 0.576. The van der Waals surface area contributed by atoms with Crippen LogP contribution in [0.15, 0.2) is 29.4 Å². The van der Waals surface area contributed by atoms with Gasteiger partial charge in [0.25, 0.3) is 0 Å². The second-order valence-corrected chi connectivity index (χ2v) is 6.02. The summed E-state index contributed by atoms with van der Waals surface area (Å²) < 4.78 is 41.9. The van der Waals surface area contributed by atoms with E-state index in [1.807, 2.05) is 0 Å². The first-order chi connectivity index (χ1) is 9.31. The highest BCUT2D eigenvalue weighted by atomic mass is 32.2. The molecule has 1 atom stereocenters. The second-order valence-electron chi connectivity index (χ2n) is 4.33. The van der Waals surface area contributed by atoms with Crippen molar-refractivity contribution in [3.05, 3.63) is 36.2 Å². The Morgan fingerprint density at radius 1 is 1.45 bits per heavy atom. The molecule has 0 saturated carbocycles. The highest BCUT2D eigenvalue weighted by Crippen LogP contribution is 2.20. The first kappa shape index (κ1) is 14.4. The number of nitrogens with one attached hydrogen (secondary N) is 1. The maximum Gasteiger partial charge on any atom is 0.244 e. The van der Waals surface area contributed by atoms with Crippen LogP contribution in [0.1, 0.15) is 18.8 Å². The fourth-order valence-electron chi connectivity index (χ4n) is 1.76. The summed E-state index contributed by atoms with van der Waals surface area (Å²) in [5.74, 6) is -0.449. The van der Waals surface area contributed by atoms with Crippen LogP contribution in [0.3, 0.4) is 0 Å². The van der Waals surface area contributed by atoms with Crippen molar-refractivity contribution < 1.29 is 12.8 Å². The number of nitrogen functional groups attached to an aromatic ring is 1. The lowest BCUT2D eigenvalue weighted by molar-refractivity contribution is 0.538.